The van der Waals surface area contributed by atoms with Crippen LogP contribution in [0, 0.1) is 0 Å². The zero-order chi connectivity index (χ0) is 14.4. The van der Waals surface area contributed by atoms with Crippen molar-refractivity contribution in [3.8, 4) is 16.9 Å². The van der Waals surface area contributed by atoms with E-state index in [1.54, 1.807) is 6.07 Å². The third kappa shape index (κ3) is 3.35. The summed E-state index contributed by atoms with van der Waals surface area (Å²) >= 11 is 0. The summed E-state index contributed by atoms with van der Waals surface area (Å²) < 4.78 is 5.48. The molecule has 0 spiro atoms. The number of para-hydroxylation sites is 1. The summed E-state index contributed by atoms with van der Waals surface area (Å²) in [5, 5.41) is 0. The molecule has 0 aliphatic heterocycles. The van der Waals surface area contributed by atoms with E-state index < -0.39 is 0 Å². The highest BCUT2D eigenvalue weighted by Crippen LogP contribution is 2.30. The Bertz CT molecular complexity index is 600. The van der Waals surface area contributed by atoms with Crippen LogP contribution < -0.4 is 4.74 Å². The Morgan fingerprint density at radius 2 is 1.70 bits per heavy atom. The quantitative estimate of drug-likeness (QED) is 0.448. The molecule has 2 aromatic carbocycles. The van der Waals surface area contributed by atoms with Crippen LogP contribution in [0.25, 0.3) is 11.1 Å². The van der Waals surface area contributed by atoms with Gasteiger partial charge in [-0.05, 0) is 18.1 Å². The van der Waals surface area contributed by atoms with Gasteiger partial charge in [-0.3, -0.25) is 0 Å². The molecule has 0 bridgehead atoms. The van der Waals surface area contributed by atoms with Crippen LogP contribution in [0.4, 0.5) is 0 Å². The minimum atomic E-state index is -0.352. The zero-order valence-corrected chi connectivity index (χ0v) is 11.6. The largest absolute Gasteiger partial charge is 0.423 e. The minimum absolute atomic E-state index is 0.352. The topological polar surface area (TPSA) is 26.3 Å². The van der Waals surface area contributed by atoms with E-state index in [0.29, 0.717) is 17.7 Å². The summed E-state index contributed by atoms with van der Waals surface area (Å²) in [5.74, 6) is 0.219. The molecule has 0 atom stereocenters. The van der Waals surface area contributed by atoms with E-state index in [0.717, 1.165) is 17.5 Å². The maximum atomic E-state index is 12.0. The molecular weight excluding hydrogens is 248 g/mol. The molecule has 0 aliphatic carbocycles. The first-order valence-electron chi connectivity index (χ1n) is 6.76. The normalized spacial score (nSPS) is 10.1. The summed E-state index contributed by atoms with van der Waals surface area (Å²) in [6.45, 7) is 5.78. The van der Waals surface area contributed by atoms with Gasteiger partial charge < -0.3 is 4.74 Å². The second kappa shape index (κ2) is 6.71. The maximum absolute atomic E-state index is 12.0. The van der Waals surface area contributed by atoms with Gasteiger partial charge in [-0.25, -0.2) is 4.79 Å². The monoisotopic (exact) mass is 266 g/mol. The molecule has 20 heavy (non-hydrogen) atoms. The molecule has 0 aromatic heterocycles. The Morgan fingerprint density at radius 3 is 2.40 bits per heavy atom. The lowest BCUT2D eigenvalue weighted by Gasteiger charge is -2.11. The standard InChI is InChI=1S/C18H18O2/c1-3-9-14(2)18(19)20-17-13-8-7-12-16(17)15-10-5-4-6-11-15/h4-8,10-13H,2-3,9H2,1H3. The third-order valence-electron chi connectivity index (χ3n) is 3.01. The molecule has 0 amide bonds. The highest BCUT2D eigenvalue weighted by atomic mass is 16.5. The summed E-state index contributed by atoms with van der Waals surface area (Å²) in [7, 11) is 0. The highest BCUT2D eigenvalue weighted by molar-refractivity contribution is 5.90. The second-order valence-corrected chi connectivity index (χ2v) is 4.61. The number of hydrogen-bond donors (Lipinski definition) is 0. The van der Waals surface area contributed by atoms with Crippen LogP contribution in [0.3, 0.4) is 0 Å². The van der Waals surface area contributed by atoms with Gasteiger partial charge in [-0.15, -0.1) is 0 Å². The molecule has 2 rings (SSSR count). The number of carbonyl (C=O) groups is 1. The number of rotatable bonds is 5. The fourth-order valence-electron chi connectivity index (χ4n) is 1.99. The molecule has 0 aliphatic rings. The van der Waals surface area contributed by atoms with E-state index in [1.165, 1.54) is 0 Å². The first kappa shape index (κ1) is 14.1. The van der Waals surface area contributed by atoms with E-state index in [2.05, 4.69) is 6.58 Å². The van der Waals surface area contributed by atoms with E-state index in [1.807, 2.05) is 55.5 Å². The molecule has 0 saturated carbocycles. The van der Waals surface area contributed by atoms with Gasteiger partial charge in [0.15, 0.2) is 0 Å². The SMILES string of the molecule is C=C(CCC)C(=O)Oc1ccccc1-c1ccccc1. The first-order chi connectivity index (χ1) is 9.72. The van der Waals surface area contributed by atoms with Gasteiger partial charge in [-0.1, -0.05) is 68.5 Å². The lowest BCUT2D eigenvalue weighted by atomic mass is 10.0. The Kier molecular flexibility index (Phi) is 4.72. The molecule has 0 saturated heterocycles. The van der Waals surface area contributed by atoms with Crippen LogP contribution in [0.2, 0.25) is 0 Å². The number of hydrogen-bond acceptors (Lipinski definition) is 2. The smallest absolute Gasteiger partial charge is 0.338 e. The fourth-order valence-corrected chi connectivity index (χ4v) is 1.99. The first-order valence-corrected chi connectivity index (χ1v) is 6.76. The van der Waals surface area contributed by atoms with Crippen molar-refractivity contribution in [2.75, 3.05) is 0 Å². The van der Waals surface area contributed by atoms with Crippen LogP contribution in [-0.2, 0) is 4.79 Å². The van der Waals surface area contributed by atoms with E-state index >= 15 is 0 Å². The van der Waals surface area contributed by atoms with Gasteiger partial charge in [0.1, 0.15) is 5.75 Å². The van der Waals surface area contributed by atoms with Crippen molar-refractivity contribution in [2.24, 2.45) is 0 Å². The summed E-state index contributed by atoms with van der Waals surface area (Å²) in [6, 6.07) is 17.4. The van der Waals surface area contributed by atoms with Gasteiger partial charge in [0.25, 0.3) is 0 Å². The maximum Gasteiger partial charge on any atom is 0.338 e. The molecule has 0 N–H and O–H groups in total. The Morgan fingerprint density at radius 1 is 1.05 bits per heavy atom. The van der Waals surface area contributed by atoms with Crippen LogP contribution in [0.5, 0.6) is 5.75 Å². The molecule has 102 valence electrons. The average Bonchev–Trinajstić information content (AvgIpc) is 2.49. The highest BCUT2D eigenvalue weighted by Gasteiger charge is 2.12. The predicted molar refractivity (Wildman–Crippen MR) is 81.6 cm³/mol. The number of ether oxygens (including phenoxy) is 1. The van der Waals surface area contributed by atoms with Crippen molar-refractivity contribution in [1.82, 2.24) is 0 Å². The molecule has 0 heterocycles. The second-order valence-electron chi connectivity index (χ2n) is 4.61. The molecule has 0 unspecified atom stereocenters. The molecular formula is C18H18O2. The number of benzene rings is 2. The van der Waals surface area contributed by atoms with Gasteiger partial charge in [-0.2, -0.15) is 0 Å². The zero-order valence-electron chi connectivity index (χ0n) is 11.6. The van der Waals surface area contributed by atoms with Crippen molar-refractivity contribution in [2.45, 2.75) is 19.8 Å². The van der Waals surface area contributed by atoms with E-state index in [4.69, 9.17) is 4.74 Å². The Hall–Kier alpha value is -2.35. The molecule has 2 aromatic rings. The lowest BCUT2D eigenvalue weighted by molar-refractivity contribution is -0.130. The van der Waals surface area contributed by atoms with Crippen LogP contribution in [-0.4, -0.2) is 5.97 Å². The number of esters is 1. The summed E-state index contributed by atoms with van der Waals surface area (Å²) in [4.78, 5) is 12.0. The van der Waals surface area contributed by atoms with Crippen molar-refractivity contribution >= 4 is 5.97 Å². The van der Waals surface area contributed by atoms with Crippen LogP contribution in [0.15, 0.2) is 66.7 Å². The van der Waals surface area contributed by atoms with Crippen LogP contribution in [0.1, 0.15) is 19.8 Å². The van der Waals surface area contributed by atoms with E-state index in [-0.39, 0.29) is 5.97 Å². The fraction of sp³-hybridized carbons (Fsp3) is 0.167. The van der Waals surface area contributed by atoms with Gasteiger partial charge in [0, 0.05) is 11.1 Å². The van der Waals surface area contributed by atoms with Crippen LogP contribution >= 0.6 is 0 Å². The molecule has 0 radical (unpaired) electrons. The van der Waals surface area contributed by atoms with Gasteiger partial charge in [0.2, 0.25) is 0 Å². The molecule has 2 nitrogen and oxygen atoms in total. The Balaban J connectivity index is 2.25. The molecule has 0 fully saturated rings. The van der Waals surface area contributed by atoms with Crippen molar-refractivity contribution in [3.05, 3.63) is 66.7 Å². The molecule has 2 heteroatoms. The van der Waals surface area contributed by atoms with Crippen molar-refractivity contribution < 1.29 is 9.53 Å². The minimum Gasteiger partial charge on any atom is -0.423 e. The average molecular weight is 266 g/mol. The predicted octanol–water partition coefficient (Wildman–Crippen LogP) is 4.62. The Labute approximate surface area is 119 Å². The summed E-state index contributed by atoms with van der Waals surface area (Å²) in [6.07, 6.45) is 1.54. The third-order valence-corrected chi connectivity index (χ3v) is 3.01. The van der Waals surface area contributed by atoms with Gasteiger partial charge in [0.05, 0.1) is 0 Å². The lowest BCUT2D eigenvalue weighted by Crippen LogP contribution is -2.10. The number of carbonyl (C=O) groups excluding carboxylic acids is 1. The van der Waals surface area contributed by atoms with E-state index in [9.17, 15) is 4.79 Å². The van der Waals surface area contributed by atoms with Crippen molar-refractivity contribution in [1.29, 1.82) is 0 Å². The summed E-state index contributed by atoms with van der Waals surface area (Å²) in [5.41, 5.74) is 2.44. The van der Waals surface area contributed by atoms with Crippen molar-refractivity contribution in [3.63, 3.8) is 0 Å². The van der Waals surface area contributed by atoms with Gasteiger partial charge >= 0.3 is 5.97 Å².